The lowest BCUT2D eigenvalue weighted by Crippen LogP contribution is -2.44. The Morgan fingerprint density at radius 3 is 2.24 bits per heavy atom. The van der Waals surface area contributed by atoms with Crippen molar-refractivity contribution in [1.29, 1.82) is 0 Å². The zero-order valence-corrected chi connectivity index (χ0v) is 11.6. The molecule has 1 atom stereocenters. The van der Waals surface area contributed by atoms with E-state index < -0.39 is 28.9 Å². The van der Waals surface area contributed by atoms with Crippen molar-refractivity contribution in [3.8, 4) is 0 Å². The molecular weight excluding hydrogens is 282 g/mol. The first kappa shape index (κ1) is 16.6. The van der Waals surface area contributed by atoms with Crippen molar-refractivity contribution in [1.82, 2.24) is 0 Å². The Morgan fingerprint density at radius 1 is 1.24 bits per heavy atom. The number of aliphatic hydroxyl groups is 1. The topological polar surface area (TPSA) is 116 Å². The van der Waals surface area contributed by atoms with Gasteiger partial charge in [0.2, 0.25) is 0 Å². The summed E-state index contributed by atoms with van der Waals surface area (Å²) in [5.41, 5.74) is -1.76. The fraction of sp³-hybridized carbons (Fsp3) is 0.385. The second kappa shape index (κ2) is 6.80. The summed E-state index contributed by atoms with van der Waals surface area (Å²) < 4.78 is 8.92. The lowest BCUT2D eigenvalue weighted by Gasteiger charge is -2.24. The third-order valence-electron chi connectivity index (χ3n) is 2.87. The maximum absolute atomic E-state index is 11.7. The second-order valence-corrected chi connectivity index (χ2v) is 4.38. The molecule has 0 aliphatic rings. The van der Waals surface area contributed by atoms with Crippen molar-refractivity contribution >= 4 is 17.6 Å². The van der Waals surface area contributed by atoms with E-state index in [9.17, 15) is 24.8 Å². The maximum atomic E-state index is 11.7. The van der Waals surface area contributed by atoms with E-state index in [1.54, 1.807) is 0 Å². The normalized spacial score (nSPS) is 13.1. The van der Waals surface area contributed by atoms with Gasteiger partial charge in [0.15, 0.2) is 5.60 Å². The number of methoxy groups -OCH3 is 2. The SMILES string of the molecule is COC(=O)C[C@@](O)(Cc1ccc([N+](=O)[O-])cc1)C(=O)OC. The van der Waals surface area contributed by atoms with Crippen LogP contribution in [0.2, 0.25) is 0 Å². The summed E-state index contributed by atoms with van der Waals surface area (Å²) in [7, 11) is 2.21. The summed E-state index contributed by atoms with van der Waals surface area (Å²) in [6.45, 7) is 0. The third-order valence-corrected chi connectivity index (χ3v) is 2.87. The van der Waals surface area contributed by atoms with Gasteiger partial charge in [-0.1, -0.05) is 12.1 Å². The molecule has 1 aromatic carbocycles. The monoisotopic (exact) mass is 297 g/mol. The molecule has 0 unspecified atom stereocenters. The molecule has 1 aromatic rings. The van der Waals surface area contributed by atoms with Crippen LogP contribution in [0.5, 0.6) is 0 Å². The van der Waals surface area contributed by atoms with Crippen LogP contribution in [-0.4, -0.2) is 41.8 Å². The van der Waals surface area contributed by atoms with Gasteiger partial charge in [-0.15, -0.1) is 0 Å². The average Bonchev–Trinajstić information content (AvgIpc) is 2.46. The molecule has 114 valence electrons. The van der Waals surface area contributed by atoms with E-state index in [1.807, 2.05) is 0 Å². The number of benzene rings is 1. The Balaban J connectivity index is 2.97. The fourth-order valence-electron chi connectivity index (χ4n) is 1.78. The maximum Gasteiger partial charge on any atom is 0.338 e. The van der Waals surface area contributed by atoms with Gasteiger partial charge in [-0.3, -0.25) is 14.9 Å². The fourth-order valence-corrected chi connectivity index (χ4v) is 1.78. The Morgan fingerprint density at radius 2 is 1.81 bits per heavy atom. The largest absolute Gasteiger partial charge is 0.469 e. The van der Waals surface area contributed by atoms with Crippen molar-refractivity contribution in [3.05, 3.63) is 39.9 Å². The molecule has 0 spiro atoms. The predicted molar refractivity (Wildman–Crippen MR) is 70.4 cm³/mol. The Labute approximate surface area is 120 Å². The average molecular weight is 297 g/mol. The van der Waals surface area contributed by atoms with Gasteiger partial charge < -0.3 is 14.6 Å². The summed E-state index contributed by atoms with van der Waals surface area (Å²) in [5.74, 6) is -1.75. The molecule has 0 radical (unpaired) electrons. The van der Waals surface area contributed by atoms with Gasteiger partial charge in [0.25, 0.3) is 5.69 Å². The van der Waals surface area contributed by atoms with Crippen LogP contribution in [0.4, 0.5) is 5.69 Å². The van der Waals surface area contributed by atoms with Crippen LogP contribution in [-0.2, 0) is 25.5 Å². The summed E-state index contributed by atoms with van der Waals surface area (Å²) >= 11 is 0. The van der Waals surface area contributed by atoms with Crippen molar-refractivity contribution in [2.75, 3.05) is 14.2 Å². The summed E-state index contributed by atoms with van der Waals surface area (Å²) in [6.07, 6.45) is -0.806. The second-order valence-electron chi connectivity index (χ2n) is 4.38. The van der Waals surface area contributed by atoms with E-state index in [1.165, 1.54) is 24.3 Å². The van der Waals surface area contributed by atoms with Crippen molar-refractivity contribution in [2.24, 2.45) is 0 Å². The number of nitro groups is 1. The van der Waals surface area contributed by atoms with Crippen LogP contribution in [0, 0.1) is 10.1 Å². The lowest BCUT2D eigenvalue weighted by molar-refractivity contribution is -0.384. The summed E-state index contributed by atoms with van der Waals surface area (Å²) in [6, 6.07) is 5.27. The molecule has 0 aliphatic carbocycles. The minimum atomic E-state index is -2.09. The first-order valence-electron chi connectivity index (χ1n) is 5.93. The number of hydrogen-bond acceptors (Lipinski definition) is 7. The van der Waals surface area contributed by atoms with Crippen molar-refractivity contribution in [3.63, 3.8) is 0 Å². The summed E-state index contributed by atoms with van der Waals surface area (Å²) in [4.78, 5) is 33.0. The van der Waals surface area contributed by atoms with E-state index in [-0.39, 0.29) is 12.1 Å². The highest BCUT2D eigenvalue weighted by Crippen LogP contribution is 2.22. The van der Waals surface area contributed by atoms with Gasteiger partial charge in [0.1, 0.15) is 0 Å². The number of carbonyl (C=O) groups is 2. The molecule has 21 heavy (non-hydrogen) atoms. The quantitative estimate of drug-likeness (QED) is 0.464. The molecule has 8 heteroatoms. The van der Waals surface area contributed by atoms with Gasteiger partial charge in [-0.05, 0) is 5.56 Å². The van der Waals surface area contributed by atoms with E-state index in [0.717, 1.165) is 14.2 Å². The Bertz CT molecular complexity index is 540. The standard InChI is InChI=1S/C13H15NO7/c1-20-11(15)8-13(17,12(16)21-2)7-9-3-5-10(6-4-9)14(18)19/h3-6,17H,7-8H2,1-2H3/t13-/m0/s1. The van der Waals surface area contributed by atoms with Crippen LogP contribution in [0.15, 0.2) is 24.3 Å². The molecule has 0 aliphatic heterocycles. The van der Waals surface area contributed by atoms with E-state index >= 15 is 0 Å². The highest BCUT2D eigenvalue weighted by molar-refractivity contribution is 5.85. The number of carbonyl (C=O) groups excluding carboxylic acids is 2. The minimum absolute atomic E-state index is 0.117. The van der Waals surface area contributed by atoms with Crippen LogP contribution >= 0.6 is 0 Å². The third kappa shape index (κ3) is 4.25. The minimum Gasteiger partial charge on any atom is -0.469 e. The first-order chi connectivity index (χ1) is 9.82. The Kier molecular flexibility index (Phi) is 5.37. The first-order valence-corrected chi connectivity index (χ1v) is 5.93. The van der Waals surface area contributed by atoms with E-state index in [2.05, 4.69) is 9.47 Å². The molecule has 1 rings (SSSR count). The van der Waals surface area contributed by atoms with Crippen LogP contribution in [0.25, 0.3) is 0 Å². The number of non-ortho nitro benzene ring substituents is 1. The predicted octanol–water partition coefficient (Wildman–Crippen LogP) is 0.604. The molecular formula is C13H15NO7. The number of hydrogen-bond donors (Lipinski definition) is 1. The van der Waals surface area contributed by atoms with Crippen LogP contribution in [0.1, 0.15) is 12.0 Å². The van der Waals surface area contributed by atoms with Crippen LogP contribution < -0.4 is 0 Å². The van der Waals surface area contributed by atoms with Gasteiger partial charge in [-0.2, -0.15) is 0 Å². The summed E-state index contributed by atoms with van der Waals surface area (Å²) in [5, 5.41) is 20.9. The zero-order chi connectivity index (χ0) is 16.0. The molecule has 0 aromatic heterocycles. The highest BCUT2D eigenvalue weighted by Gasteiger charge is 2.40. The van der Waals surface area contributed by atoms with Gasteiger partial charge in [0, 0.05) is 18.6 Å². The number of nitro benzene ring substituents is 1. The molecule has 0 saturated heterocycles. The molecule has 1 N–H and O–H groups in total. The number of nitrogens with zero attached hydrogens (tertiary/aromatic N) is 1. The molecule has 0 bridgehead atoms. The zero-order valence-electron chi connectivity index (χ0n) is 11.6. The van der Waals surface area contributed by atoms with Gasteiger partial charge in [-0.25, -0.2) is 4.79 Å². The number of esters is 2. The van der Waals surface area contributed by atoms with Crippen molar-refractivity contribution < 1.29 is 29.1 Å². The van der Waals surface area contributed by atoms with E-state index in [4.69, 9.17) is 0 Å². The molecule has 0 saturated carbocycles. The number of ether oxygens (including phenoxy) is 2. The number of rotatable bonds is 6. The van der Waals surface area contributed by atoms with Gasteiger partial charge >= 0.3 is 11.9 Å². The van der Waals surface area contributed by atoms with Crippen LogP contribution in [0.3, 0.4) is 0 Å². The highest BCUT2D eigenvalue weighted by atomic mass is 16.6. The lowest BCUT2D eigenvalue weighted by atomic mass is 9.91. The van der Waals surface area contributed by atoms with E-state index in [0.29, 0.717) is 5.56 Å². The molecule has 8 nitrogen and oxygen atoms in total. The Hall–Kier alpha value is -2.48. The van der Waals surface area contributed by atoms with Gasteiger partial charge in [0.05, 0.1) is 25.6 Å². The smallest absolute Gasteiger partial charge is 0.338 e. The molecule has 0 heterocycles. The molecule has 0 fully saturated rings. The molecule has 0 amide bonds. The van der Waals surface area contributed by atoms with Crippen molar-refractivity contribution in [2.45, 2.75) is 18.4 Å².